The van der Waals surface area contributed by atoms with Crippen LogP contribution in [-0.2, 0) is 0 Å². The Balaban J connectivity index is 1.93. The largest absolute Gasteiger partial charge is 0.381 e. The highest BCUT2D eigenvalue weighted by Gasteiger charge is 2.24. The number of amides is 2. The second-order valence-corrected chi connectivity index (χ2v) is 5.92. The molecule has 1 saturated heterocycles. The second kappa shape index (κ2) is 6.35. The SMILES string of the molecule is Cc1cccc(Cl)c1NC1CCN(C(=O)N(C)C)CC1. The molecule has 0 saturated carbocycles. The van der Waals surface area contributed by atoms with Crippen molar-refractivity contribution < 1.29 is 4.79 Å². The molecule has 1 aromatic rings. The number of carbonyl (C=O) groups excluding carboxylic acids is 1. The lowest BCUT2D eigenvalue weighted by Gasteiger charge is -2.34. The number of likely N-dealkylation sites (tertiary alicyclic amines) is 1. The molecule has 0 bridgehead atoms. The summed E-state index contributed by atoms with van der Waals surface area (Å²) in [4.78, 5) is 15.4. The van der Waals surface area contributed by atoms with Crippen LogP contribution in [0.5, 0.6) is 0 Å². The molecule has 110 valence electrons. The highest BCUT2D eigenvalue weighted by Crippen LogP contribution is 2.27. The Labute approximate surface area is 125 Å². The zero-order valence-electron chi connectivity index (χ0n) is 12.3. The van der Waals surface area contributed by atoms with Crippen LogP contribution in [0.1, 0.15) is 18.4 Å². The quantitative estimate of drug-likeness (QED) is 0.909. The highest BCUT2D eigenvalue weighted by molar-refractivity contribution is 6.33. The summed E-state index contributed by atoms with van der Waals surface area (Å²) >= 11 is 6.24. The molecule has 1 aromatic carbocycles. The number of hydrogen-bond acceptors (Lipinski definition) is 2. The standard InChI is InChI=1S/C15H22ClN3O/c1-11-5-4-6-13(16)14(11)17-12-7-9-19(10-8-12)15(20)18(2)3/h4-6,12,17H,7-10H2,1-3H3. The minimum atomic E-state index is 0.0948. The van der Waals surface area contributed by atoms with Crippen LogP contribution in [0.25, 0.3) is 0 Å². The molecule has 1 fully saturated rings. The van der Waals surface area contributed by atoms with Crippen molar-refractivity contribution in [2.45, 2.75) is 25.8 Å². The normalized spacial score (nSPS) is 16.1. The summed E-state index contributed by atoms with van der Waals surface area (Å²) in [5.74, 6) is 0. The maximum atomic E-state index is 11.9. The predicted molar refractivity (Wildman–Crippen MR) is 83.5 cm³/mol. The lowest BCUT2D eigenvalue weighted by molar-refractivity contribution is 0.158. The van der Waals surface area contributed by atoms with E-state index in [1.807, 2.05) is 17.0 Å². The summed E-state index contributed by atoms with van der Waals surface area (Å²) in [7, 11) is 3.58. The van der Waals surface area contributed by atoms with Crippen LogP contribution in [-0.4, -0.2) is 49.1 Å². The second-order valence-electron chi connectivity index (χ2n) is 5.51. The molecule has 2 amide bonds. The van der Waals surface area contributed by atoms with Gasteiger partial charge < -0.3 is 15.1 Å². The van der Waals surface area contributed by atoms with Crippen LogP contribution in [0.3, 0.4) is 0 Å². The van der Waals surface area contributed by atoms with Crippen molar-refractivity contribution in [3.63, 3.8) is 0 Å². The first-order valence-electron chi connectivity index (χ1n) is 6.97. The molecule has 1 heterocycles. The van der Waals surface area contributed by atoms with Crippen LogP contribution in [0.2, 0.25) is 5.02 Å². The van der Waals surface area contributed by atoms with E-state index in [1.165, 1.54) is 0 Å². The Morgan fingerprint density at radius 2 is 2.00 bits per heavy atom. The number of carbonyl (C=O) groups is 1. The summed E-state index contributed by atoms with van der Waals surface area (Å²) in [5.41, 5.74) is 2.18. The summed E-state index contributed by atoms with van der Waals surface area (Å²) in [6, 6.07) is 6.39. The average Bonchev–Trinajstić information content (AvgIpc) is 2.43. The third-order valence-corrected chi connectivity index (χ3v) is 4.03. The number of rotatable bonds is 2. The first-order valence-corrected chi connectivity index (χ1v) is 7.34. The average molecular weight is 296 g/mol. The number of urea groups is 1. The van der Waals surface area contributed by atoms with Gasteiger partial charge in [-0.1, -0.05) is 23.7 Å². The number of para-hydroxylation sites is 1. The molecule has 0 aromatic heterocycles. The van der Waals surface area contributed by atoms with E-state index in [0.717, 1.165) is 42.2 Å². The third-order valence-electron chi connectivity index (χ3n) is 3.72. The molecular weight excluding hydrogens is 274 g/mol. The number of hydrogen-bond donors (Lipinski definition) is 1. The van der Waals surface area contributed by atoms with Gasteiger partial charge in [0, 0.05) is 33.2 Å². The molecule has 0 unspecified atom stereocenters. The monoisotopic (exact) mass is 295 g/mol. The number of piperidine rings is 1. The van der Waals surface area contributed by atoms with Crippen molar-refractivity contribution in [3.05, 3.63) is 28.8 Å². The Bertz CT molecular complexity index is 462. The molecule has 4 nitrogen and oxygen atoms in total. The van der Waals surface area contributed by atoms with Crippen LogP contribution in [0.4, 0.5) is 10.5 Å². The van der Waals surface area contributed by atoms with Gasteiger partial charge in [-0.05, 0) is 31.4 Å². The Morgan fingerprint density at radius 1 is 1.35 bits per heavy atom. The fourth-order valence-corrected chi connectivity index (χ4v) is 2.79. The summed E-state index contributed by atoms with van der Waals surface area (Å²) in [6.45, 7) is 3.63. The molecule has 20 heavy (non-hydrogen) atoms. The number of benzene rings is 1. The molecule has 0 spiro atoms. The highest BCUT2D eigenvalue weighted by atomic mass is 35.5. The first kappa shape index (κ1) is 15.0. The molecule has 2 rings (SSSR count). The van der Waals surface area contributed by atoms with Crippen molar-refractivity contribution in [3.8, 4) is 0 Å². The minimum absolute atomic E-state index is 0.0948. The lowest BCUT2D eigenvalue weighted by atomic mass is 10.0. The zero-order chi connectivity index (χ0) is 14.7. The van der Waals surface area contributed by atoms with E-state index < -0.39 is 0 Å². The topological polar surface area (TPSA) is 35.6 Å². The van der Waals surface area contributed by atoms with Gasteiger partial charge in [0.15, 0.2) is 0 Å². The van der Waals surface area contributed by atoms with Gasteiger partial charge >= 0.3 is 6.03 Å². The van der Waals surface area contributed by atoms with E-state index in [1.54, 1.807) is 19.0 Å². The maximum absolute atomic E-state index is 11.9. The summed E-state index contributed by atoms with van der Waals surface area (Å²) in [6.07, 6.45) is 1.90. The number of halogens is 1. The van der Waals surface area contributed by atoms with E-state index in [-0.39, 0.29) is 6.03 Å². The fraction of sp³-hybridized carbons (Fsp3) is 0.533. The Kier molecular flexibility index (Phi) is 4.76. The Hall–Kier alpha value is -1.42. The molecule has 0 atom stereocenters. The van der Waals surface area contributed by atoms with Crippen LogP contribution < -0.4 is 5.32 Å². The summed E-state index contributed by atoms with van der Waals surface area (Å²) < 4.78 is 0. The molecular formula is C15H22ClN3O. The molecule has 1 aliphatic heterocycles. The van der Waals surface area contributed by atoms with Crippen molar-refractivity contribution >= 4 is 23.3 Å². The van der Waals surface area contributed by atoms with Gasteiger partial charge in [0.2, 0.25) is 0 Å². The van der Waals surface area contributed by atoms with E-state index in [0.29, 0.717) is 6.04 Å². The molecule has 0 aliphatic carbocycles. The number of nitrogens with zero attached hydrogens (tertiary/aromatic N) is 2. The van der Waals surface area contributed by atoms with Crippen molar-refractivity contribution in [2.75, 3.05) is 32.5 Å². The maximum Gasteiger partial charge on any atom is 0.319 e. The molecule has 1 aliphatic rings. The minimum Gasteiger partial charge on any atom is -0.381 e. The van der Waals surface area contributed by atoms with Gasteiger partial charge in [-0.25, -0.2) is 4.79 Å². The fourth-order valence-electron chi connectivity index (χ4n) is 2.52. The lowest BCUT2D eigenvalue weighted by Crippen LogP contribution is -2.46. The molecule has 1 N–H and O–H groups in total. The predicted octanol–water partition coefficient (Wildman–Crippen LogP) is 3.21. The van der Waals surface area contributed by atoms with Crippen molar-refractivity contribution in [1.29, 1.82) is 0 Å². The summed E-state index contributed by atoms with van der Waals surface area (Å²) in [5, 5.41) is 4.28. The van der Waals surface area contributed by atoms with Gasteiger partial charge in [-0.15, -0.1) is 0 Å². The van der Waals surface area contributed by atoms with E-state index in [4.69, 9.17) is 11.6 Å². The smallest absolute Gasteiger partial charge is 0.319 e. The van der Waals surface area contributed by atoms with Gasteiger partial charge in [0.25, 0.3) is 0 Å². The van der Waals surface area contributed by atoms with Crippen LogP contribution >= 0.6 is 11.6 Å². The number of aryl methyl sites for hydroxylation is 1. The molecule has 0 radical (unpaired) electrons. The van der Waals surface area contributed by atoms with E-state index >= 15 is 0 Å². The third kappa shape index (κ3) is 3.37. The van der Waals surface area contributed by atoms with Gasteiger partial charge in [-0.3, -0.25) is 0 Å². The molecule has 5 heteroatoms. The van der Waals surface area contributed by atoms with Gasteiger partial charge in [0.05, 0.1) is 10.7 Å². The van der Waals surface area contributed by atoms with Gasteiger partial charge in [-0.2, -0.15) is 0 Å². The van der Waals surface area contributed by atoms with Crippen LogP contribution in [0, 0.1) is 6.92 Å². The number of anilines is 1. The first-order chi connectivity index (χ1) is 9.49. The van der Waals surface area contributed by atoms with Crippen molar-refractivity contribution in [1.82, 2.24) is 9.80 Å². The van der Waals surface area contributed by atoms with Gasteiger partial charge in [0.1, 0.15) is 0 Å². The van der Waals surface area contributed by atoms with E-state index in [2.05, 4.69) is 18.3 Å². The number of nitrogens with one attached hydrogen (secondary N) is 1. The van der Waals surface area contributed by atoms with E-state index in [9.17, 15) is 4.79 Å². The van der Waals surface area contributed by atoms with Crippen LogP contribution in [0.15, 0.2) is 18.2 Å². The zero-order valence-corrected chi connectivity index (χ0v) is 13.1. The van der Waals surface area contributed by atoms with Crippen molar-refractivity contribution in [2.24, 2.45) is 0 Å². The Morgan fingerprint density at radius 3 is 2.55 bits per heavy atom.